The minimum Gasteiger partial charge on any atom is -0.388 e. The fourth-order valence-electron chi connectivity index (χ4n) is 1.60. The molecule has 0 fully saturated rings. The van der Waals surface area contributed by atoms with E-state index in [1.54, 1.807) is 0 Å². The Morgan fingerprint density at radius 2 is 1.88 bits per heavy atom. The molecule has 1 aromatic rings. The molecule has 1 N–H and O–H groups in total. The molecule has 88 valence electrons. The van der Waals surface area contributed by atoms with Gasteiger partial charge in [0.1, 0.15) is 0 Å². The largest absolute Gasteiger partial charge is 0.388 e. The maximum atomic E-state index is 10.1. The second-order valence-corrected chi connectivity index (χ2v) is 3.83. The lowest BCUT2D eigenvalue weighted by Gasteiger charge is -2.09. The maximum absolute atomic E-state index is 10.1. The molecule has 0 bridgehead atoms. The molecule has 0 spiro atoms. The Labute approximate surface area is 95.1 Å². The fraction of sp³-hybridized carbons (Fsp3) is 0.500. The lowest BCUT2D eigenvalue weighted by molar-refractivity contribution is -0.480. The van der Waals surface area contributed by atoms with Gasteiger partial charge < -0.3 is 5.11 Å². The molecular weight excluding hydrogens is 206 g/mol. The first-order valence-corrected chi connectivity index (χ1v) is 5.55. The number of benzene rings is 1. The van der Waals surface area contributed by atoms with Crippen molar-refractivity contribution in [3.63, 3.8) is 0 Å². The number of aliphatic hydroxyl groups excluding tert-OH is 1. The van der Waals surface area contributed by atoms with Crippen LogP contribution < -0.4 is 0 Å². The average Bonchev–Trinajstić information content (AvgIpc) is 2.29. The van der Waals surface area contributed by atoms with Crippen LogP contribution >= 0.6 is 0 Å². The molecule has 1 atom stereocenters. The maximum Gasteiger partial charge on any atom is 0.203 e. The fourth-order valence-corrected chi connectivity index (χ4v) is 1.60. The predicted octanol–water partition coefficient (Wildman–Crippen LogP) is 2.56. The van der Waals surface area contributed by atoms with Crippen molar-refractivity contribution in [3.05, 3.63) is 46.0 Å². The number of hydrogen-bond acceptors (Lipinski definition) is 3. The number of aliphatic hydroxyl groups is 1. The van der Waals surface area contributed by atoms with Gasteiger partial charge in [-0.3, -0.25) is 10.1 Å². The highest BCUT2D eigenvalue weighted by Crippen LogP contribution is 2.18. The number of hydrogen-bond donors (Lipinski definition) is 1. The number of unbranched alkanes of at least 4 members (excludes halogenated alkanes) is 2. The second-order valence-electron chi connectivity index (χ2n) is 3.83. The molecule has 1 unspecified atom stereocenters. The first-order chi connectivity index (χ1) is 7.70. The van der Waals surface area contributed by atoms with Gasteiger partial charge in [0.25, 0.3) is 0 Å². The van der Waals surface area contributed by atoms with E-state index in [-0.39, 0.29) is 11.5 Å². The lowest BCUT2D eigenvalue weighted by atomic mass is 10.0. The van der Waals surface area contributed by atoms with E-state index in [2.05, 4.69) is 0 Å². The topological polar surface area (TPSA) is 63.4 Å². The van der Waals surface area contributed by atoms with Crippen LogP contribution in [0, 0.1) is 10.1 Å². The highest BCUT2D eigenvalue weighted by atomic mass is 16.6. The van der Waals surface area contributed by atoms with Crippen molar-refractivity contribution in [1.82, 2.24) is 0 Å². The molecule has 0 saturated heterocycles. The minimum absolute atomic E-state index is 0.0292. The van der Waals surface area contributed by atoms with Crippen molar-refractivity contribution in [2.45, 2.75) is 31.8 Å². The molecule has 1 rings (SSSR count). The van der Waals surface area contributed by atoms with Gasteiger partial charge in [0.15, 0.2) is 0 Å². The van der Waals surface area contributed by atoms with Crippen LogP contribution in [0.5, 0.6) is 0 Å². The summed E-state index contributed by atoms with van der Waals surface area (Å²) in [6, 6.07) is 9.48. The molecule has 0 amide bonds. The summed E-state index contributed by atoms with van der Waals surface area (Å²) >= 11 is 0. The standard InChI is InChI=1S/C12H17NO3/c14-12(11-7-3-1-4-8-11)9-5-2-6-10-13(15)16/h1,3-4,7-8,12,14H,2,5-6,9-10H2. The summed E-state index contributed by atoms with van der Waals surface area (Å²) < 4.78 is 0. The third-order valence-electron chi connectivity index (χ3n) is 2.50. The van der Waals surface area contributed by atoms with Gasteiger partial charge in [0.05, 0.1) is 6.10 Å². The zero-order chi connectivity index (χ0) is 11.8. The van der Waals surface area contributed by atoms with Gasteiger partial charge in [-0.1, -0.05) is 36.8 Å². The molecule has 0 aliphatic rings. The first kappa shape index (κ1) is 12.6. The van der Waals surface area contributed by atoms with Crippen molar-refractivity contribution in [3.8, 4) is 0 Å². The van der Waals surface area contributed by atoms with E-state index in [0.29, 0.717) is 12.8 Å². The molecule has 0 aromatic heterocycles. The molecule has 1 aromatic carbocycles. The summed E-state index contributed by atoms with van der Waals surface area (Å²) in [5.74, 6) is 0. The van der Waals surface area contributed by atoms with Crippen molar-refractivity contribution < 1.29 is 10.0 Å². The Balaban J connectivity index is 2.16. The van der Waals surface area contributed by atoms with E-state index in [0.717, 1.165) is 18.4 Å². The van der Waals surface area contributed by atoms with E-state index in [1.807, 2.05) is 30.3 Å². The molecule has 0 aliphatic carbocycles. The third-order valence-corrected chi connectivity index (χ3v) is 2.50. The zero-order valence-corrected chi connectivity index (χ0v) is 9.21. The summed E-state index contributed by atoms with van der Waals surface area (Å²) in [6.07, 6.45) is 2.43. The van der Waals surface area contributed by atoms with Crippen LogP contribution in [0.2, 0.25) is 0 Å². The monoisotopic (exact) mass is 223 g/mol. The number of nitro groups is 1. The summed E-state index contributed by atoms with van der Waals surface area (Å²) in [4.78, 5) is 9.78. The van der Waals surface area contributed by atoms with Crippen molar-refractivity contribution in [2.75, 3.05) is 6.54 Å². The van der Waals surface area contributed by atoms with Crippen LogP contribution in [0.4, 0.5) is 0 Å². The van der Waals surface area contributed by atoms with Gasteiger partial charge in [-0.05, 0) is 18.4 Å². The van der Waals surface area contributed by atoms with Crippen LogP contribution in [0.3, 0.4) is 0 Å². The predicted molar refractivity (Wildman–Crippen MR) is 61.7 cm³/mol. The molecule has 0 radical (unpaired) electrons. The molecule has 0 heterocycles. The van der Waals surface area contributed by atoms with Gasteiger partial charge in [0, 0.05) is 11.3 Å². The molecule has 16 heavy (non-hydrogen) atoms. The number of rotatable bonds is 7. The Morgan fingerprint density at radius 3 is 2.50 bits per heavy atom. The van der Waals surface area contributed by atoms with Crippen LogP contribution in [-0.2, 0) is 0 Å². The normalized spacial score (nSPS) is 12.3. The summed E-state index contributed by atoms with van der Waals surface area (Å²) in [5, 5.41) is 19.9. The quantitative estimate of drug-likeness (QED) is 0.439. The Bertz CT molecular complexity index is 313. The van der Waals surface area contributed by atoms with Crippen LogP contribution in [0.1, 0.15) is 37.4 Å². The van der Waals surface area contributed by atoms with Gasteiger partial charge in [0.2, 0.25) is 6.54 Å². The summed E-state index contributed by atoms with van der Waals surface area (Å²) in [7, 11) is 0. The molecule has 4 nitrogen and oxygen atoms in total. The highest BCUT2D eigenvalue weighted by molar-refractivity contribution is 5.16. The Kier molecular flexibility index (Phi) is 5.50. The van der Waals surface area contributed by atoms with E-state index >= 15 is 0 Å². The van der Waals surface area contributed by atoms with Gasteiger partial charge in [-0.15, -0.1) is 0 Å². The smallest absolute Gasteiger partial charge is 0.203 e. The average molecular weight is 223 g/mol. The summed E-state index contributed by atoms with van der Waals surface area (Å²) in [5.41, 5.74) is 0.914. The zero-order valence-electron chi connectivity index (χ0n) is 9.21. The van der Waals surface area contributed by atoms with Crippen LogP contribution in [0.15, 0.2) is 30.3 Å². The molecule has 4 heteroatoms. The van der Waals surface area contributed by atoms with E-state index in [4.69, 9.17) is 0 Å². The van der Waals surface area contributed by atoms with Crippen molar-refractivity contribution in [2.24, 2.45) is 0 Å². The van der Waals surface area contributed by atoms with Gasteiger partial charge >= 0.3 is 0 Å². The molecular formula is C12H17NO3. The molecule has 0 saturated carbocycles. The van der Waals surface area contributed by atoms with E-state index in [1.165, 1.54) is 0 Å². The van der Waals surface area contributed by atoms with Crippen molar-refractivity contribution >= 4 is 0 Å². The second kappa shape index (κ2) is 6.95. The first-order valence-electron chi connectivity index (χ1n) is 5.55. The number of nitrogens with zero attached hydrogens (tertiary/aromatic N) is 1. The van der Waals surface area contributed by atoms with Crippen molar-refractivity contribution in [1.29, 1.82) is 0 Å². The highest BCUT2D eigenvalue weighted by Gasteiger charge is 2.06. The Hall–Kier alpha value is -1.42. The van der Waals surface area contributed by atoms with E-state index < -0.39 is 6.10 Å². The molecule has 0 aliphatic heterocycles. The van der Waals surface area contributed by atoms with Gasteiger partial charge in [-0.2, -0.15) is 0 Å². The minimum atomic E-state index is -0.447. The Morgan fingerprint density at radius 1 is 1.19 bits per heavy atom. The lowest BCUT2D eigenvalue weighted by Crippen LogP contribution is -2.01. The summed E-state index contributed by atoms with van der Waals surface area (Å²) in [6.45, 7) is 0.0292. The van der Waals surface area contributed by atoms with E-state index in [9.17, 15) is 15.2 Å². The SMILES string of the molecule is O=[N+]([O-])CCCCCC(O)c1ccccc1. The van der Waals surface area contributed by atoms with Gasteiger partial charge in [-0.25, -0.2) is 0 Å². The third kappa shape index (κ3) is 4.89. The van der Waals surface area contributed by atoms with Crippen LogP contribution in [0.25, 0.3) is 0 Å². The van der Waals surface area contributed by atoms with Crippen LogP contribution in [-0.4, -0.2) is 16.6 Å².